The molecule has 3 heterocycles. The predicted molar refractivity (Wildman–Crippen MR) is 175 cm³/mol. The molecule has 0 saturated heterocycles. The van der Waals surface area contributed by atoms with Gasteiger partial charge in [0.1, 0.15) is 5.82 Å². The maximum absolute atomic E-state index is 4.69. The third kappa shape index (κ3) is 4.64. The van der Waals surface area contributed by atoms with Crippen molar-refractivity contribution in [1.29, 1.82) is 0 Å². The second kappa shape index (κ2) is 10.0. The standard InChI is InChI=1S/C36H34N4S/c1-36(2,3)26-19-25(20-27(21-26)39-24-38(4)32-13-7-8-14-33(32)39)23-41-28-16-17-30-29-11-5-6-12-31(29)40(34(30)22-28)35-15-9-10-18-37-35/h5-22H,23-24H2,1-4H3. The predicted octanol–water partition coefficient (Wildman–Crippen LogP) is 9.31. The highest BCUT2D eigenvalue weighted by atomic mass is 32.2. The van der Waals surface area contributed by atoms with E-state index >= 15 is 0 Å². The monoisotopic (exact) mass is 554 g/mol. The summed E-state index contributed by atoms with van der Waals surface area (Å²) in [5.74, 6) is 1.84. The molecule has 0 atom stereocenters. The van der Waals surface area contributed by atoms with Crippen LogP contribution in [0.25, 0.3) is 27.6 Å². The van der Waals surface area contributed by atoms with Gasteiger partial charge in [-0.15, -0.1) is 11.8 Å². The van der Waals surface area contributed by atoms with E-state index in [0.29, 0.717) is 0 Å². The largest absolute Gasteiger partial charge is 0.355 e. The van der Waals surface area contributed by atoms with Gasteiger partial charge in [0.25, 0.3) is 0 Å². The van der Waals surface area contributed by atoms with Gasteiger partial charge in [-0.3, -0.25) is 4.57 Å². The van der Waals surface area contributed by atoms with Crippen LogP contribution in [0.2, 0.25) is 0 Å². The minimum atomic E-state index is 0.0586. The van der Waals surface area contributed by atoms with E-state index in [-0.39, 0.29) is 5.41 Å². The number of thioether (sulfide) groups is 1. The summed E-state index contributed by atoms with van der Waals surface area (Å²) in [5.41, 5.74) is 8.95. The van der Waals surface area contributed by atoms with E-state index in [0.717, 1.165) is 18.2 Å². The first-order valence-corrected chi connectivity index (χ1v) is 15.1. The number of aromatic nitrogens is 2. The summed E-state index contributed by atoms with van der Waals surface area (Å²) < 4.78 is 2.29. The van der Waals surface area contributed by atoms with Crippen molar-refractivity contribution in [2.24, 2.45) is 0 Å². The van der Waals surface area contributed by atoms with Crippen molar-refractivity contribution in [2.75, 3.05) is 23.5 Å². The number of para-hydroxylation sites is 3. The number of nitrogens with zero attached hydrogens (tertiary/aromatic N) is 4. The van der Waals surface area contributed by atoms with Crippen molar-refractivity contribution in [3.63, 3.8) is 0 Å². The number of fused-ring (bicyclic) bond motifs is 4. The van der Waals surface area contributed by atoms with Crippen LogP contribution in [-0.2, 0) is 11.2 Å². The van der Waals surface area contributed by atoms with E-state index in [2.05, 4.69) is 139 Å². The number of hydrogen-bond acceptors (Lipinski definition) is 4. The topological polar surface area (TPSA) is 24.3 Å². The first-order valence-electron chi connectivity index (χ1n) is 14.2. The molecule has 7 rings (SSSR count). The molecule has 2 aromatic heterocycles. The van der Waals surface area contributed by atoms with Gasteiger partial charge < -0.3 is 9.80 Å². The van der Waals surface area contributed by atoms with E-state index < -0.39 is 0 Å². The van der Waals surface area contributed by atoms with Gasteiger partial charge in [0.2, 0.25) is 0 Å². The van der Waals surface area contributed by atoms with Crippen molar-refractivity contribution in [1.82, 2.24) is 9.55 Å². The molecular weight excluding hydrogens is 520 g/mol. The summed E-state index contributed by atoms with van der Waals surface area (Å²) in [6, 6.07) is 37.4. The van der Waals surface area contributed by atoms with Gasteiger partial charge in [-0.1, -0.05) is 69.3 Å². The minimum absolute atomic E-state index is 0.0586. The van der Waals surface area contributed by atoms with Gasteiger partial charge in [-0.05, 0) is 71.1 Å². The molecular formula is C36H34N4S. The quantitative estimate of drug-likeness (QED) is 0.198. The number of pyridine rings is 1. The van der Waals surface area contributed by atoms with Crippen LogP contribution in [0.1, 0.15) is 31.9 Å². The SMILES string of the molecule is CN1CN(c2cc(CSc3ccc4c5ccccc5n(-c5ccccn5)c4c3)cc(C(C)(C)C)c2)c2ccccc21. The Kier molecular flexibility index (Phi) is 6.28. The molecule has 0 spiro atoms. The lowest BCUT2D eigenvalue weighted by molar-refractivity contribution is 0.589. The molecule has 4 nitrogen and oxygen atoms in total. The molecule has 5 heteroatoms. The Balaban J connectivity index is 1.26. The summed E-state index contributed by atoms with van der Waals surface area (Å²) in [4.78, 5) is 10.7. The van der Waals surface area contributed by atoms with Crippen LogP contribution in [0.3, 0.4) is 0 Å². The average molecular weight is 555 g/mol. The van der Waals surface area contributed by atoms with E-state index in [9.17, 15) is 0 Å². The van der Waals surface area contributed by atoms with Crippen molar-refractivity contribution in [3.05, 3.63) is 120 Å². The maximum atomic E-state index is 4.69. The Labute approximate surface area is 246 Å². The molecule has 204 valence electrons. The molecule has 0 aliphatic carbocycles. The fourth-order valence-electron chi connectivity index (χ4n) is 5.89. The van der Waals surface area contributed by atoms with Gasteiger partial charge in [0.05, 0.1) is 29.1 Å². The number of hydrogen-bond donors (Lipinski definition) is 0. The molecule has 0 amide bonds. The zero-order valence-corrected chi connectivity index (χ0v) is 24.8. The lowest BCUT2D eigenvalue weighted by Gasteiger charge is -2.26. The van der Waals surface area contributed by atoms with Crippen molar-refractivity contribution in [3.8, 4) is 5.82 Å². The minimum Gasteiger partial charge on any atom is -0.355 e. The van der Waals surface area contributed by atoms with Crippen molar-refractivity contribution >= 4 is 50.6 Å². The first-order chi connectivity index (χ1) is 19.9. The summed E-state index contributed by atoms with van der Waals surface area (Å²) in [6.07, 6.45) is 1.87. The second-order valence-electron chi connectivity index (χ2n) is 11.9. The highest BCUT2D eigenvalue weighted by Gasteiger charge is 2.26. The molecule has 0 bridgehead atoms. The van der Waals surface area contributed by atoms with Crippen LogP contribution in [0.4, 0.5) is 17.1 Å². The molecule has 41 heavy (non-hydrogen) atoms. The first kappa shape index (κ1) is 25.7. The highest BCUT2D eigenvalue weighted by Crippen LogP contribution is 2.42. The average Bonchev–Trinajstić information content (AvgIpc) is 3.50. The van der Waals surface area contributed by atoms with E-state index in [1.54, 1.807) is 0 Å². The number of anilines is 3. The Hall–Kier alpha value is -4.22. The highest BCUT2D eigenvalue weighted by molar-refractivity contribution is 7.98. The molecule has 0 saturated carbocycles. The smallest absolute Gasteiger partial charge is 0.137 e. The maximum Gasteiger partial charge on any atom is 0.137 e. The molecule has 0 unspecified atom stereocenters. The Morgan fingerprint density at radius 1 is 0.756 bits per heavy atom. The van der Waals surface area contributed by atoms with Crippen LogP contribution < -0.4 is 9.80 Å². The fourth-order valence-corrected chi connectivity index (χ4v) is 6.75. The molecule has 0 radical (unpaired) electrons. The summed E-state index contributed by atoms with van der Waals surface area (Å²) in [5, 5.41) is 2.51. The molecule has 0 fully saturated rings. The lowest BCUT2D eigenvalue weighted by Crippen LogP contribution is -2.24. The molecule has 6 aromatic rings. The van der Waals surface area contributed by atoms with Crippen LogP contribution in [-0.4, -0.2) is 23.3 Å². The number of benzene rings is 4. The van der Waals surface area contributed by atoms with Gasteiger partial charge in [-0.25, -0.2) is 4.98 Å². The Morgan fingerprint density at radius 2 is 1.51 bits per heavy atom. The van der Waals surface area contributed by atoms with E-state index in [1.165, 1.54) is 54.9 Å². The van der Waals surface area contributed by atoms with Crippen molar-refractivity contribution < 1.29 is 0 Å². The molecule has 4 aromatic carbocycles. The van der Waals surface area contributed by atoms with Gasteiger partial charge in [0.15, 0.2) is 0 Å². The van der Waals surface area contributed by atoms with E-state index in [1.807, 2.05) is 24.0 Å². The molecule has 1 aliphatic rings. The summed E-state index contributed by atoms with van der Waals surface area (Å²) >= 11 is 1.90. The van der Waals surface area contributed by atoms with Crippen LogP contribution >= 0.6 is 11.8 Å². The Morgan fingerprint density at radius 3 is 2.32 bits per heavy atom. The zero-order valence-electron chi connectivity index (χ0n) is 24.0. The number of rotatable bonds is 5. The normalized spacial score (nSPS) is 13.4. The van der Waals surface area contributed by atoms with Crippen molar-refractivity contribution in [2.45, 2.75) is 36.8 Å². The zero-order chi connectivity index (χ0) is 28.1. The van der Waals surface area contributed by atoms with Crippen LogP contribution in [0.5, 0.6) is 0 Å². The summed E-state index contributed by atoms with van der Waals surface area (Å²) in [7, 11) is 2.17. The van der Waals surface area contributed by atoms with Gasteiger partial charge in [0, 0.05) is 40.4 Å². The second-order valence-corrected chi connectivity index (χ2v) is 13.0. The van der Waals surface area contributed by atoms with Crippen LogP contribution in [0.15, 0.2) is 114 Å². The third-order valence-electron chi connectivity index (χ3n) is 8.02. The van der Waals surface area contributed by atoms with Gasteiger partial charge >= 0.3 is 0 Å². The fraction of sp³-hybridized carbons (Fsp3) is 0.194. The molecule has 1 aliphatic heterocycles. The third-order valence-corrected chi connectivity index (χ3v) is 9.09. The Bertz CT molecular complexity index is 1880. The van der Waals surface area contributed by atoms with E-state index in [4.69, 9.17) is 4.98 Å². The molecule has 0 N–H and O–H groups in total. The summed E-state index contributed by atoms with van der Waals surface area (Å²) in [6.45, 7) is 7.76. The van der Waals surface area contributed by atoms with Gasteiger partial charge in [-0.2, -0.15) is 0 Å². The van der Waals surface area contributed by atoms with Crippen LogP contribution in [0, 0.1) is 0 Å². The lowest BCUT2D eigenvalue weighted by atomic mass is 9.86.